The summed E-state index contributed by atoms with van der Waals surface area (Å²) >= 11 is 4.60. The fraction of sp³-hybridized carbons (Fsp3) is 0.318. The molecular weight excluding hydrogens is 420 g/mol. The molecule has 6 atom stereocenters. The summed E-state index contributed by atoms with van der Waals surface area (Å²) in [6, 6.07) is 14.9. The molecule has 0 radical (unpaired) electrons. The van der Waals surface area contributed by atoms with E-state index < -0.39 is 43.2 Å². The van der Waals surface area contributed by atoms with Crippen molar-refractivity contribution in [1.29, 1.82) is 5.26 Å². The predicted molar refractivity (Wildman–Crippen MR) is 113 cm³/mol. The van der Waals surface area contributed by atoms with Gasteiger partial charge in [0.15, 0.2) is 6.23 Å². The van der Waals surface area contributed by atoms with Crippen LogP contribution in [0.1, 0.15) is 17.2 Å². The van der Waals surface area contributed by atoms with Crippen molar-refractivity contribution in [3.8, 4) is 6.07 Å². The Bertz CT molecular complexity index is 1010. The number of hydrogen-bond donors (Lipinski definition) is 5. The summed E-state index contributed by atoms with van der Waals surface area (Å²) in [6.45, 7) is -0.564. The molecule has 0 aliphatic carbocycles. The molecule has 0 unspecified atom stereocenters. The Labute approximate surface area is 184 Å². The van der Waals surface area contributed by atoms with Crippen molar-refractivity contribution in [2.24, 2.45) is 0 Å². The lowest BCUT2D eigenvalue weighted by Gasteiger charge is -2.47. The normalized spacial score (nSPS) is 31.4. The van der Waals surface area contributed by atoms with E-state index in [-0.39, 0.29) is 10.6 Å². The van der Waals surface area contributed by atoms with E-state index in [9.17, 15) is 25.7 Å². The Kier molecular flexibility index (Phi) is 6.20. The molecule has 3 heterocycles. The minimum absolute atomic E-state index is 0.203. The summed E-state index contributed by atoms with van der Waals surface area (Å²) < 4.78 is 11.3. The third-order valence-corrected chi connectivity index (χ3v) is 5.98. The molecule has 1 aromatic heterocycles. The Morgan fingerprint density at radius 1 is 1.03 bits per heavy atom. The SMILES string of the molecule is N#CC1=C(S)N([C@@H]2O[C@@H](CO)[C@@H](O)[C@@H](O)[C@H]2O)C(c2ccccc2)=C[C@@H]1c1ccco1. The number of rotatable bonds is 4. The van der Waals surface area contributed by atoms with E-state index in [1.54, 1.807) is 18.2 Å². The average Bonchev–Trinajstić information content (AvgIpc) is 3.33. The van der Waals surface area contributed by atoms with Crippen molar-refractivity contribution in [3.63, 3.8) is 0 Å². The van der Waals surface area contributed by atoms with Crippen LogP contribution < -0.4 is 0 Å². The summed E-state index contributed by atoms with van der Waals surface area (Å²) in [5.74, 6) is 0.0221. The number of nitriles is 1. The molecule has 9 heteroatoms. The van der Waals surface area contributed by atoms with E-state index >= 15 is 0 Å². The fourth-order valence-corrected chi connectivity index (χ4v) is 4.32. The molecule has 0 bridgehead atoms. The number of benzene rings is 1. The van der Waals surface area contributed by atoms with Crippen LogP contribution in [0, 0.1) is 11.3 Å². The van der Waals surface area contributed by atoms with Crippen LogP contribution in [-0.4, -0.2) is 62.6 Å². The average molecular weight is 442 g/mol. The first-order valence-electron chi connectivity index (χ1n) is 9.71. The summed E-state index contributed by atoms with van der Waals surface area (Å²) in [5, 5.41) is 50.9. The molecule has 0 amide bonds. The molecule has 162 valence electrons. The van der Waals surface area contributed by atoms with E-state index in [4.69, 9.17) is 9.15 Å². The van der Waals surface area contributed by atoms with Crippen molar-refractivity contribution in [2.75, 3.05) is 6.61 Å². The zero-order valence-electron chi connectivity index (χ0n) is 16.3. The predicted octanol–water partition coefficient (Wildman–Crippen LogP) is 1.18. The summed E-state index contributed by atoms with van der Waals surface area (Å²) in [6.07, 6.45) is -3.60. The number of allylic oxidation sites excluding steroid dienone is 2. The molecular formula is C22H22N2O6S. The van der Waals surface area contributed by atoms with Gasteiger partial charge in [0.2, 0.25) is 0 Å². The molecule has 1 fully saturated rings. The number of aliphatic hydroxyl groups excluding tert-OH is 4. The highest BCUT2D eigenvalue weighted by atomic mass is 32.1. The van der Waals surface area contributed by atoms with Crippen molar-refractivity contribution in [3.05, 3.63) is 76.7 Å². The van der Waals surface area contributed by atoms with Gasteiger partial charge in [-0.15, -0.1) is 12.6 Å². The van der Waals surface area contributed by atoms with Crippen LogP contribution in [0.4, 0.5) is 0 Å². The lowest BCUT2D eigenvalue weighted by Crippen LogP contribution is -2.62. The van der Waals surface area contributed by atoms with Crippen molar-refractivity contribution >= 4 is 18.3 Å². The van der Waals surface area contributed by atoms with Gasteiger partial charge in [0.1, 0.15) is 30.2 Å². The number of hydrogen-bond acceptors (Lipinski definition) is 9. The smallest absolute Gasteiger partial charge is 0.164 e. The fourth-order valence-electron chi connectivity index (χ4n) is 3.91. The van der Waals surface area contributed by atoms with Gasteiger partial charge in [-0.3, -0.25) is 0 Å². The molecule has 2 aliphatic heterocycles. The quantitative estimate of drug-likeness (QED) is 0.447. The van der Waals surface area contributed by atoms with E-state index in [0.717, 1.165) is 5.56 Å². The van der Waals surface area contributed by atoms with Crippen LogP contribution in [0.25, 0.3) is 5.70 Å². The van der Waals surface area contributed by atoms with Crippen LogP contribution in [0.3, 0.4) is 0 Å². The van der Waals surface area contributed by atoms with Gasteiger partial charge in [-0.05, 0) is 23.8 Å². The number of thiol groups is 1. The molecule has 2 aromatic rings. The molecule has 2 aliphatic rings. The van der Waals surface area contributed by atoms with E-state index in [1.807, 2.05) is 30.3 Å². The first kappa shape index (κ1) is 21.6. The van der Waals surface area contributed by atoms with Crippen LogP contribution in [0.15, 0.2) is 69.8 Å². The monoisotopic (exact) mass is 442 g/mol. The minimum Gasteiger partial charge on any atom is -0.468 e. The standard InChI is InChI=1S/C22H22N2O6S/c23-10-14-13(16-7-4-8-29-16)9-15(12-5-2-1-3-6-12)24(22(14)31)21-20(28)19(27)18(26)17(11-25)30-21/h1-9,13,17-21,25-28,31H,11H2/t13-,17-,18+,19+,20+,21+/m0/s1. The first-order chi connectivity index (χ1) is 15.0. The molecule has 0 saturated carbocycles. The number of aliphatic hydroxyl groups is 4. The van der Waals surface area contributed by atoms with E-state index in [2.05, 4.69) is 18.7 Å². The first-order valence-corrected chi connectivity index (χ1v) is 10.2. The molecule has 1 aromatic carbocycles. The van der Waals surface area contributed by atoms with Crippen molar-refractivity contribution in [1.82, 2.24) is 4.90 Å². The topological polar surface area (TPSA) is 130 Å². The minimum atomic E-state index is -1.57. The maximum atomic E-state index is 10.7. The van der Waals surface area contributed by atoms with Crippen molar-refractivity contribution in [2.45, 2.75) is 36.6 Å². The van der Waals surface area contributed by atoms with Crippen LogP contribution in [-0.2, 0) is 4.74 Å². The highest BCUT2D eigenvalue weighted by Gasteiger charge is 2.48. The molecule has 1 saturated heterocycles. The molecule has 31 heavy (non-hydrogen) atoms. The van der Waals surface area contributed by atoms with Gasteiger partial charge in [0.05, 0.1) is 35.5 Å². The molecule has 4 rings (SSSR count). The Morgan fingerprint density at radius 3 is 2.39 bits per heavy atom. The highest BCUT2D eigenvalue weighted by Crippen LogP contribution is 2.44. The van der Waals surface area contributed by atoms with Gasteiger partial charge >= 0.3 is 0 Å². The summed E-state index contributed by atoms with van der Waals surface area (Å²) in [7, 11) is 0. The third-order valence-electron chi connectivity index (χ3n) is 5.53. The van der Waals surface area contributed by atoms with Crippen LogP contribution >= 0.6 is 12.6 Å². The lowest BCUT2D eigenvalue weighted by atomic mass is 9.90. The van der Waals surface area contributed by atoms with Crippen LogP contribution in [0.2, 0.25) is 0 Å². The maximum Gasteiger partial charge on any atom is 0.164 e. The Balaban J connectivity index is 1.86. The van der Waals surface area contributed by atoms with Gasteiger partial charge in [-0.1, -0.05) is 30.3 Å². The number of ether oxygens (including phenoxy) is 1. The highest BCUT2D eigenvalue weighted by molar-refractivity contribution is 7.84. The van der Waals surface area contributed by atoms with Crippen molar-refractivity contribution < 1.29 is 29.6 Å². The second-order valence-corrected chi connectivity index (χ2v) is 7.77. The van der Waals surface area contributed by atoms with Crippen LogP contribution in [0.5, 0.6) is 0 Å². The van der Waals surface area contributed by atoms with Gasteiger partial charge in [-0.25, -0.2) is 0 Å². The van der Waals surface area contributed by atoms with Gasteiger partial charge in [0, 0.05) is 5.70 Å². The molecule has 8 nitrogen and oxygen atoms in total. The van der Waals surface area contributed by atoms with Gasteiger partial charge < -0.3 is 34.5 Å². The second kappa shape index (κ2) is 8.88. The van der Waals surface area contributed by atoms with E-state index in [1.165, 1.54) is 11.2 Å². The number of furan rings is 1. The van der Waals surface area contributed by atoms with Gasteiger partial charge in [0.25, 0.3) is 0 Å². The van der Waals surface area contributed by atoms with E-state index in [0.29, 0.717) is 11.5 Å². The lowest BCUT2D eigenvalue weighted by molar-refractivity contribution is -0.252. The largest absolute Gasteiger partial charge is 0.468 e. The number of nitrogens with zero attached hydrogens (tertiary/aromatic N) is 2. The van der Waals surface area contributed by atoms with Gasteiger partial charge in [-0.2, -0.15) is 5.26 Å². The summed E-state index contributed by atoms with van der Waals surface area (Å²) in [5.41, 5.74) is 1.57. The Hall–Kier alpha value is -2.58. The zero-order valence-corrected chi connectivity index (χ0v) is 17.2. The third kappa shape index (κ3) is 3.78. The maximum absolute atomic E-state index is 10.7. The zero-order chi connectivity index (χ0) is 22.1. The molecule has 4 N–H and O–H groups in total. The summed E-state index contributed by atoms with van der Waals surface area (Å²) in [4.78, 5) is 1.50. The Morgan fingerprint density at radius 2 is 1.77 bits per heavy atom. The second-order valence-electron chi connectivity index (χ2n) is 7.35. The molecule has 0 spiro atoms.